The Morgan fingerprint density at radius 3 is 2.26 bits per heavy atom. The van der Waals surface area contributed by atoms with Crippen molar-refractivity contribution < 1.29 is 18.4 Å². The summed E-state index contributed by atoms with van der Waals surface area (Å²) in [5.41, 5.74) is -0.498. The largest absolute Gasteiger partial charge is 0.343 e. The van der Waals surface area contributed by atoms with E-state index in [0.717, 1.165) is 17.0 Å². The van der Waals surface area contributed by atoms with Gasteiger partial charge in [-0.05, 0) is 26.0 Å². The Morgan fingerprint density at radius 2 is 1.74 bits per heavy atom. The summed E-state index contributed by atoms with van der Waals surface area (Å²) in [7, 11) is 0. The number of hydrogen-bond acceptors (Lipinski definition) is 2. The van der Waals surface area contributed by atoms with Crippen LogP contribution in [0, 0.1) is 11.6 Å². The molecule has 0 bridgehead atoms. The second-order valence-electron chi connectivity index (χ2n) is 4.33. The SMILES string of the molecule is CC1NC(=O)C(C)N(c2c(F)cc(Br)cc2F)C1=O. The number of piperazine rings is 1. The molecule has 102 valence electrons. The first-order valence-corrected chi connectivity index (χ1v) is 6.40. The van der Waals surface area contributed by atoms with Gasteiger partial charge in [-0.2, -0.15) is 0 Å². The molecule has 4 nitrogen and oxygen atoms in total. The summed E-state index contributed by atoms with van der Waals surface area (Å²) < 4.78 is 28.0. The molecule has 0 spiro atoms. The maximum Gasteiger partial charge on any atom is 0.250 e. The number of benzene rings is 1. The lowest BCUT2D eigenvalue weighted by Crippen LogP contribution is -2.62. The first kappa shape index (κ1) is 13.9. The fraction of sp³-hybridized carbons (Fsp3) is 0.333. The fourth-order valence-electron chi connectivity index (χ4n) is 1.98. The highest BCUT2D eigenvalue weighted by molar-refractivity contribution is 9.10. The molecule has 2 unspecified atom stereocenters. The minimum atomic E-state index is -0.964. The number of carbonyl (C=O) groups excluding carboxylic acids is 2. The average Bonchev–Trinajstić information content (AvgIpc) is 2.30. The zero-order chi connectivity index (χ0) is 14.3. The summed E-state index contributed by atoms with van der Waals surface area (Å²) in [5.74, 6) is -2.79. The summed E-state index contributed by atoms with van der Waals surface area (Å²) in [6, 6.07) is 0.325. The van der Waals surface area contributed by atoms with Crippen molar-refractivity contribution in [1.29, 1.82) is 0 Å². The van der Waals surface area contributed by atoms with Gasteiger partial charge in [0.1, 0.15) is 17.8 Å². The molecule has 19 heavy (non-hydrogen) atoms. The average molecular weight is 333 g/mol. The van der Waals surface area contributed by atoms with Crippen molar-refractivity contribution in [3.05, 3.63) is 28.2 Å². The van der Waals surface area contributed by atoms with E-state index in [9.17, 15) is 18.4 Å². The van der Waals surface area contributed by atoms with Crippen molar-refractivity contribution in [3.63, 3.8) is 0 Å². The third-order valence-corrected chi connectivity index (χ3v) is 3.41. The van der Waals surface area contributed by atoms with Crippen LogP contribution in [0.3, 0.4) is 0 Å². The molecule has 0 aromatic heterocycles. The maximum absolute atomic E-state index is 13.9. The highest BCUT2D eigenvalue weighted by atomic mass is 79.9. The molecule has 7 heteroatoms. The number of anilines is 1. The van der Waals surface area contributed by atoms with Crippen LogP contribution in [0.4, 0.5) is 14.5 Å². The van der Waals surface area contributed by atoms with Crippen molar-refractivity contribution in [1.82, 2.24) is 5.32 Å². The highest BCUT2D eigenvalue weighted by Crippen LogP contribution is 2.30. The molecule has 1 fully saturated rings. The van der Waals surface area contributed by atoms with Gasteiger partial charge in [-0.25, -0.2) is 8.78 Å². The van der Waals surface area contributed by atoms with Crippen LogP contribution in [0.25, 0.3) is 0 Å². The number of carbonyl (C=O) groups is 2. The first-order chi connectivity index (χ1) is 8.82. The van der Waals surface area contributed by atoms with E-state index in [1.807, 2.05) is 0 Å². The number of hydrogen-bond donors (Lipinski definition) is 1. The van der Waals surface area contributed by atoms with E-state index in [4.69, 9.17) is 0 Å². The van der Waals surface area contributed by atoms with Crippen molar-refractivity contribution in [2.24, 2.45) is 0 Å². The topological polar surface area (TPSA) is 49.4 Å². The normalized spacial score (nSPS) is 23.5. The third kappa shape index (κ3) is 2.34. The lowest BCUT2D eigenvalue weighted by molar-refractivity contribution is -0.133. The van der Waals surface area contributed by atoms with E-state index in [1.54, 1.807) is 0 Å². The van der Waals surface area contributed by atoms with E-state index < -0.39 is 41.2 Å². The van der Waals surface area contributed by atoms with E-state index in [-0.39, 0.29) is 4.47 Å². The fourth-order valence-corrected chi connectivity index (χ4v) is 2.38. The molecule has 1 aromatic carbocycles. The van der Waals surface area contributed by atoms with Gasteiger partial charge in [0.15, 0.2) is 11.6 Å². The van der Waals surface area contributed by atoms with Crippen LogP contribution in [0.5, 0.6) is 0 Å². The minimum absolute atomic E-state index is 0.223. The van der Waals surface area contributed by atoms with E-state index >= 15 is 0 Å². The van der Waals surface area contributed by atoms with Crippen LogP contribution in [0.1, 0.15) is 13.8 Å². The Kier molecular flexibility index (Phi) is 3.58. The predicted molar refractivity (Wildman–Crippen MR) is 68.6 cm³/mol. The zero-order valence-corrected chi connectivity index (χ0v) is 11.8. The summed E-state index contributed by atoms with van der Waals surface area (Å²) in [6.07, 6.45) is 0. The molecule has 1 aliphatic rings. The van der Waals surface area contributed by atoms with Gasteiger partial charge in [-0.15, -0.1) is 0 Å². The molecule has 2 atom stereocenters. The maximum atomic E-state index is 13.9. The van der Waals surface area contributed by atoms with Crippen LogP contribution in [0.15, 0.2) is 16.6 Å². The van der Waals surface area contributed by atoms with Gasteiger partial charge in [0.05, 0.1) is 0 Å². The Balaban J connectivity index is 2.56. The van der Waals surface area contributed by atoms with Gasteiger partial charge >= 0.3 is 0 Å². The monoisotopic (exact) mass is 332 g/mol. The van der Waals surface area contributed by atoms with Crippen molar-refractivity contribution in [2.75, 3.05) is 4.90 Å². The summed E-state index contributed by atoms with van der Waals surface area (Å²) >= 11 is 2.96. The van der Waals surface area contributed by atoms with E-state index in [2.05, 4.69) is 21.2 Å². The van der Waals surface area contributed by atoms with Crippen molar-refractivity contribution in [3.8, 4) is 0 Å². The van der Waals surface area contributed by atoms with Crippen LogP contribution < -0.4 is 10.2 Å². The summed E-state index contributed by atoms with van der Waals surface area (Å²) in [6.45, 7) is 2.88. The molecule has 0 saturated carbocycles. The number of rotatable bonds is 1. The number of nitrogens with one attached hydrogen (secondary N) is 1. The molecule has 1 saturated heterocycles. The lowest BCUT2D eigenvalue weighted by atomic mass is 10.1. The third-order valence-electron chi connectivity index (χ3n) is 2.96. The van der Waals surface area contributed by atoms with Gasteiger partial charge in [0.25, 0.3) is 0 Å². The Bertz CT molecular complexity index is 542. The Hall–Kier alpha value is -1.50. The molecule has 1 aliphatic heterocycles. The zero-order valence-electron chi connectivity index (χ0n) is 10.2. The molecular weight excluding hydrogens is 322 g/mol. The van der Waals surface area contributed by atoms with Gasteiger partial charge in [0, 0.05) is 4.47 Å². The number of nitrogens with zero attached hydrogens (tertiary/aromatic N) is 1. The summed E-state index contributed by atoms with van der Waals surface area (Å²) in [4.78, 5) is 24.6. The second-order valence-corrected chi connectivity index (χ2v) is 5.25. The lowest BCUT2D eigenvalue weighted by Gasteiger charge is -2.36. The van der Waals surface area contributed by atoms with Gasteiger partial charge in [0.2, 0.25) is 11.8 Å². The van der Waals surface area contributed by atoms with E-state index in [0.29, 0.717) is 0 Å². The first-order valence-electron chi connectivity index (χ1n) is 5.61. The molecule has 0 radical (unpaired) electrons. The molecule has 2 amide bonds. The van der Waals surface area contributed by atoms with Crippen LogP contribution in [-0.2, 0) is 9.59 Å². The van der Waals surface area contributed by atoms with Crippen LogP contribution in [0.2, 0.25) is 0 Å². The van der Waals surface area contributed by atoms with Crippen LogP contribution >= 0.6 is 15.9 Å². The van der Waals surface area contributed by atoms with E-state index in [1.165, 1.54) is 13.8 Å². The summed E-state index contributed by atoms with van der Waals surface area (Å²) in [5, 5.41) is 2.44. The molecule has 1 aromatic rings. The van der Waals surface area contributed by atoms with Crippen molar-refractivity contribution >= 4 is 33.4 Å². The Labute approximate surface area is 116 Å². The number of halogens is 3. The number of amides is 2. The molecular formula is C12H11BrF2N2O2. The highest BCUT2D eigenvalue weighted by Gasteiger charge is 2.39. The molecule has 2 rings (SSSR count). The van der Waals surface area contributed by atoms with Crippen LogP contribution in [-0.4, -0.2) is 23.9 Å². The van der Waals surface area contributed by atoms with Gasteiger partial charge in [-0.3, -0.25) is 14.5 Å². The van der Waals surface area contributed by atoms with Gasteiger partial charge < -0.3 is 5.32 Å². The predicted octanol–water partition coefficient (Wildman–Crippen LogP) is 1.97. The molecule has 1 N–H and O–H groups in total. The second kappa shape index (κ2) is 4.88. The molecule has 1 heterocycles. The minimum Gasteiger partial charge on any atom is -0.343 e. The Morgan fingerprint density at radius 1 is 1.21 bits per heavy atom. The van der Waals surface area contributed by atoms with Gasteiger partial charge in [-0.1, -0.05) is 15.9 Å². The smallest absolute Gasteiger partial charge is 0.250 e. The standard InChI is InChI=1S/C12H11BrF2N2O2/c1-5-12(19)17(6(2)11(18)16-5)10-8(14)3-7(13)4-9(10)15/h3-6H,1-2H3,(H,16,18). The molecule has 0 aliphatic carbocycles. The van der Waals surface area contributed by atoms with Crippen molar-refractivity contribution in [2.45, 2.75) is 25.9 Å². The quantitative estimate of drug-likeness (QED) is 0.854.